The van der Waals surface area contributed by atoms with Gasteiger partial charge in [0.05, 0.1) is 12.5 Å². The second-order valence-electron chi connectivity index (χ2n) is 4.44. The number of benzene rings is 1. The first-order valence-electron chi connectivity index (χ1n) is 6.02. The van der Waals surface area contributed by atoms with Crippen LogP contribution in [0.15, 0.2) is 28.9 Å². The molecule has 0 fully saturated rings. The Hall–Kier alpha value is -1.33. The van der Waals surface area contributed by atoms with Gasteiger partial charge in [-0.1, -0.05) is 0 Å². The molecule has 2 aromatic rings. The zero-order valence-corrected chi connectivity index (χ0v) is 12.9. The summed E-state index contributed by atoms with van der Waals surface area (Å²) < 4.78 is 12.1. The van der Waals surface area contributed by atoms with Crippen molar-refractivity contribution in [1.82, 2.24) is 9.88 Å². The van der Waals surface area contributed by atoms with Gasteiger partial charge < -0.3 is 14.4 Å². The van der Waals surface area contributed by atoms with Gasteiger partial charge in [0.2, 0.25) is 5.88 Å². The number of hydrogen-bond acceptors (Lipinski definition) is 4. The molecular formula is C14H17BrN2O2. The second-order valence-corrected chi connectivity index (χ2v) is 5.29. The molecule has 0 aliphatic carbocycles. The van der Waals surface area contributed by atoms with Crippen LogP contribution in [-0.4, -0.2) is 44.2 Å². The maximum absolute atomic E-state index is 5.77. The predicted molar refractivity (Wildman–Crippen MR) is 80.0 cm³/mol. The monoisotopic (exact) mass is 324 g/mol. The lowest BCUT2D eigenvalue weighted by Crippen LogP contribution is -2.19. The molecule has 19 heavy (non-hydrogen) atoms. The maximum Gasteiger partial charge on any atom is 0.222 e. The normalized spacial score (nSPS) is 11.0. The van der Waals surface area contributed by atoms with Crippen molar-refractivity contribution in [3.63, 3.8) is 0 Å². The fraction of sp³-hybridized carbons (Fsp3) is 0.357. The van der Waals surface area contributed by atoms with E-state index in [9.17, 15) is 0 Å². The van der Waals surface area contributed by atoms with Crippen LogP contribution >= 0.6 is 15.9 Å². The largest absolute Gasteiger partial charge is 0.496 e. The highest BCUT2D eigenvalue weighted by molar-refractivity contribution is 9.10. The third-order valence-corrected chi connectivity index (χ3v) is 3.46. The minimum absolute atomic E-state index is 0.600. The molecule has 0 atom stereocenters. The Labute approximate surface area is 121 Å². The average Bonchev–Trinajstić information content (AvgIpc) is 2.39. The van der Waals surface area contributed by atoms with Crippen LogP contribution in [0.25, 0.3) is 10.8 Å². The summed E-state index contributed by atoms with van der Waals surface area (Å²) in [7, 11) is 5.69. The molecule has 0 aliphatic rings. The predicted octanol–water partition coefficient (Wildman–Crippen LogP) is 2.95. The summed E-state index contributed by atoms with van der Waals surface area (Å²) in [6, 6.07) is 5.80. The number of hydrogen-bond donors (Lipinski definition) is 0. The summed E-state index contributed by atoms with van der Waals surface area (Å²) in [6.07, 6.45) is 1.74. The quantitative estimate of drug-likeness (QED) is 0.847. The highest BCUT2D eigenvalue weighted by atomic mass is 79.9. The Morgan fingerprint density at radius 1 is 1.26 bits per heavy atom. The molecule has 2 rings (SSSR count). The second kappa shape index (κ2) is 6.21. The zero-order chi connectivity index (χ0) is 13.8. The van der Waals surface area contributed by atoms with Gasteiger partial charge in [-0.3, -0.25) is 0 Å². The molecule has 102 valence electrons. The van der Waals surface area contributed by atoms with Crippen molar-refractivity contribution < 1.29 is 9.47 Å². The molecule has 0 saturated carbocycles. The van der Waals surface area contributed by atoms with E-state index < -0.39 is 0 Å². The van der Waals surface area contributed by atoms with Gasteiger partial charge in [-0.15, -0.1) is 0 Å². The fourth-order valence-electron chi connectivity index (χ4n) is 1.81. The van der Waals surface area contributed by atoms with Gasteiger partial charge in [0.15, 0.2) is 0 Å². The molecule has 1 aromatic carbocycles. The molecule has 0 spiro atoms. The zero-order valence-electron chi connectivity index (χ0n) is 11.3. The molecule has 0 aliphatic heterocycles. The van der Waals surface area contributed by atoms with Gasteiger partial charge in [-0.05, 0) is 48.2 Å². The number of aromatic nitrogens is 1. The van der Waals surface area contributed by atoms with Crippen LogP contribution < -0.4 is 9.47 Å². The maximum atomic E-state index is 5.77. The first kappa shape index (κ1) is 14.1. The topological polar surface area (TPSA) is 34.6 Å². The Morgan fingerprint density at radius 3 is 2.74 bits per heavy atom. The van der Waals surface area contributed by atoms with Crippen molar-refractivity contribution in [2.45, 2.75) is 0 Å². The van der Waals surface area contributed by atoms with E-state index in [0.29, 0.717) is 12.5 Å². The minimum Gasteiger partial charge on any atom is -0.496 e. The molecule has 0 amide bonds. The third-order valence-electron chi connectivity index (χ3n) is 2.80. The van der Waals surface area contributed by atoms with Crippen molar-refractivity contribution in [2.24, 2.45) is 0 Å². The van der Waals surface area contributed by atoms with E-state index in [1.807, 2.05) is 32.3 Å². The van der Waals surface area contributed by atoms with Gasteiger partial charge >= 0.3 is 0 Å². The smallest absolute Gasteiger partial charge is 0.222 e. The van der Waals surface area contributed by atoms with Crippen molar-refractivity contribution in [3.8, 4) is 11.6 Å². The SMILES string of the molecule is COc1ccc(Br)c2c(OCCN(C)C)nccc12. The molecule has 0 radical (unpaired) electrons. The van der Waals surface area contributed by atoms with Crippen molar-refractivity contribution in [1.29, 1.82) is 0 Å². The lowest BCUT2D eigenvalue weighted by Gasteiger charge is -2.13. The summed E-state index contributed by atoms with van der Waals surface area (Å²) >= 11 is 3.55. The van der Waals surface area contributed by atoms with E-state index in [1.165, 1.54) is 0 Å². The fourth-order valence-corrected chi connectivity index (χ4v) is 2.33. The third kappa shape index (κ3) is 3.16. The van der Waals surface area contributed by atoms with Crippen LogP contribution in [0, 0.1) is 0 Å². The van der Waals surface area contributed by atoms with Gasteiger partial charge in [-0.2, -0.15) is 0 Å². The van der Waals surface area contributed by atoms with Crippen LogP contribution in [0.5, 0.6) is 11.6 Å². The molecule has 4 nitrogen and oxygen atoms in total. The molecule has 0 bridgehead atoms. The van der Waals surface area contributed by atoms with Crippen LogP contribution in [0.1, 0.15) is 0 Å². The summed E-state index contributed by atoms with van der Waals surface area (Å²) in [5, 5.41) is 1.94. The number of rotatable bonds is 5. The Bertz CT molecular complexity index is 573. The van der Waals surface area contributed by atoms with Gasteiger partial charge in [-0.25, -0.2) is 4.98 Å². The lowest BCUT2D eigenvalue weighted by atomic mass is 10.1. The lowest BCUT2D eigenvalue weighted by molar-refractivity contribution is 0.256. The number of likely N-dealkylation sites (N-methyl/N-ethyl adjacent to an activating group) is 1. The average molecular weight is 325 g/mol. The van der Waals surface area contributed by atoms with Gasteiger partial charge in [0.1, 0.15) is 12.4 Å². The van der Waals surface area contributed by atoms with E-state index in [-0.39, 0.29) is 0 Å². The van der Waals surface area contributed by atoms with Crippen LogP contribution in [0.4, 0.5) is 0 Å². The van der Waals surface area contributed by atoms with Crippen LogP contribution in [-0.2, 0) is 0 Å². The number of pyridine rings is 1. The summed E-state index contributed by atoms with van der Waals surface area (Å²) in [5.74, 6) is 1.45. The van der Waals surface area contributed by atoms with E-state index >= 15 is 0 Å². The van der Waals surface area contributed by atoms with Crippen molar-refractivity contribution in [2.75, 3.05) is 34.4 Å². The van der Waals surface area contributed by atoms with Crippen molar-refractivity contribution in [3.05, 3.63) is 28.9 Å². The minimum atomic E-state index is 0.600. The first-order valence-corrected chi connectivity index (χ1v) is 6.81. The first-order chi connectivity index (χ1) is 9.13. The highest BCUT2D eigenvalue weighted by Crippen LogP contribution is 2.36. The number of ether oxygens (including phenoxy) is 2. The summed E-state index contributed by atoms with van der Waals surface area (Å²) in [6.45, 7) is 1.45. The summed E-state index contributed by atoms with van der Waals surface area (Å²) in [4.78, 5) is 6.38. The number of fused-ring (bicyclic) bond motifs is 1. The summed E-state index contributed by atoms with van der Waals surface area (Å²) in [5.41, 5.74) is 0. The Morgan fingerprint density at radius 2 is 2.05 bits per heavy atom. The van der Waals surface area contributed by atoms with Gasteiger partial charge in [0.25, 0.3) is 0 Å². The standard InChI is InChI=1S/C14H17BrN2O2/c1-17(2)8-9-19-14-13-10(6-7-16-14)12(18-3)5-4-11(13)15/h4-7H,8-9H2,1-3H3. The van der Waals surface area contributed by atoms with Gasteiger partial charge in [0, 0.05) is 22.6 Å². The van der Waals surface area contributed by atoms with Crippen LogP contribution in [0.2, 0.25) is 0 Å². The molecule has 1 aromatic heterocycles. The number of methoxy groups -OCH3 is 1. The van der Waals surface area contributed by atoms with Crippen LogP contribution in [0.3, 0.4) is 0 Å². The Kier molecular flexibility index (Phi) is 4.61. The molecule has 5 heteroatoms. The molecule has 0 unspecified atom stereocenters. The van der Waals surface area contributed by atoms with Crippen molar-refractivity contribution >= 4 is 26.7 Å². The van der Waals surface area contributed by atoms with E-state index in [2.05, 4.69) is 25.8 Å². The van der Waals surface area contributed by atoms with E-state index in [0.717, 1.165) is 27.5 Å². The molecule has 0 saturated heterocycles. The van der Waals surface area contributed by atoms with E-state index in [4.69, 9.17) is 9.47 Å². The van der Waals surface area contributed by atoms with E-state index in [1.54, 1.807) is 13.3 Å². The Balaban J connectivity index is 2.38. The highest BCUT2D eigenvalue weighted by Gasteiger charge is 2.11. The molecule has 0 N–H and O–H groups in total. The molecular weight excluding hydrogens is 308 g/mol. The number of halogens is 1. The number of nitrogens with zero attached hydrogens (tertiary/aromatic N) is 2. The molecule has 1 heterocycles.